The number of hydrogen-bond acceptors (Lipinski definition) is 12. The first-order valence-electron chi connectivity index (χ1n) is 19.1. The Balaban J connectivity index is 5.05. The number of allylic oxidation sites excluding steroid dienone is 2. The Morgan fingerprint density at radius 2 is 0.776 bits per heavy atom. The van der Waals surface area contributed by atoms with Gasteiger partial charge in [-0.2, -0.15) is 0 Å². The van der Waals surface area contributed by atoms with Gasteiger partial charge in [0.25, 0.3) is 0 Å². The summed E-state index contributed by atoms with van der Waals surface area (Å²) in [5.74, 6) is 0. The van der Waals surface area contributed by atoms with Crippen LogP contribution in [-0.4, -0.2) is 114 Å². The molecule has 0 saturated heterocycles. The van der Waals surface area contributed by atoms with Crippen molar-refractivity contribution in [2.75, 3.05) is 104 Å². The minimum atomic E-state index is -3.29. The summed E-state index contributed by atoms with van der Waals surface area (Å²) >= 11 is 0. The molecule has 2 atom stereocenters. The van der Waals surface area contributed by atoms with E-state index in [9.17, 15) is 9.13 Å². The quantitative estimate of drug-likeness (QED) is 0.0325. The number of nitrogens with two attached hydrogens (primary N) is 4. The van der Waals surface area contributed by atoms with Crippen LogP contribution in [0.2, 0.25) is 0 Å². The highest BCUT2D eigenvalue weighted by Gasteiger charge is 2.27. The zero-order valence-electron chi connectivity index (χ0n) is 31.4. The van der Waals surface area contributed by atoms with Crippen molar-refractivity contribution in [1.29, 1.82) is 0 Å². The van der Waals surface area contributed by atoms with Crippen LogP contribution in [0.25, 0.3) is 0 Å². The van der Waals surface area contributed by atoms with Gasteiger partial charge in [-0.3, -0.25) is 9.13 Å². The predicted octanol–water partition coefficient (Wildman–Crippen LogP) is 6.10. The van der Waals surface area contributed by atoms with E-state index in [-0.39, 0.29) is 0 Å². The molecule has 0 aromatic carbocycles. The maximum atomic E-state index is 13.8. The summed E-state index contributed by atoms with van der Waals surface area (Å²) in [6, 6.07) is 0. The Hall–Kier alpha value is -0.460. The molecule has 8 N–H and O–H groups in total. The molecule has 12 nitrogen and oxygen atoms in total. The molecule has 0 saturated carbocycles. The molecule has 0 aliphatic rings. The van der Waals surface area contributed by atoms with E-state index < -0.39 is 15.2 Å². The lowest BCUT2D eigenvalue weighted by Crippen LogP contribution is -2.31. The van der Waals surface area contributed by atoms with E-state index in [1.54, 1.807) is 0 Å². The molecule has 14 heteroatoms. The van der Waals surface area contributed by atoms with Crippen molar-refractivity contribution in [2.45, 2.75) is 97.3 Å². The van der Waals surface area contributed by atoms with E-state index in [0.717, 1.165) is 84.0 Å². The van der Waals surface area contributed by atoms with Gasteiger partial charge in [-0.15, -0.1) is 0 Å². The summed E-state index contributed by atoms with van der Waals surface area (Å²) in [4.78, 5) is 4.49. The fourth-order valence-electron chi connectivity index (χ4n) is 4.90. The first-order chi connectivity index (χ1) is 23.8. The van der Waals surface area contributed by atoms with Crippen LogP contribution >= 0.6 is 15.2 Å². The molecular formula is C35H76N6O6P2. The summed E-state index contributed by atoms with van der Waals surface area (Å²) < 4.78 is 51.3. The maximum absolute atomic E-state index is 13.8. The predicted molar refractivity (Wildman–Crippen MR) is 208 cm³/mol. The Morgan fingerprint density at radius 3 is 1.10 bits per heavy atom. The molecule has 0 aromatic rings. The summed E-state index contributed by atoms with van der Waals surface area (Å²) in [6.45, 7) is 12.6. The van der Waals surface area contributed by atoms with Crippen molar-refractivity contribution in [2.24, 2.45) is 22.9 Å². The summed E-state index contributed by atoms with van der Waals surface area (Å²) in [5, 5.41) is 0. The third kappa shape index (κ3) is 29.8. The van der Waals surface area contributed by atoms with Crippen molar-refractivity contribution in [3.63, 3.8) is 0 Å². The number of rotatable bonds is 38. The summed E-state index contributed by atoms with van der Waals surface area (Å²) in [7, 11) is -6.59. The van der Waals surface area contributed by atoms with Gasteiger partial charge in [-0.05, 0) is 123 Å². The SMILES string of the molecule is CCC/C=C\CCOP(=O)(CCN(CCCN)CCCN)OCCCCCOP(=O)(CCN(CCCN)CCCN)OCC/C=C\CCC. The van der Waals surface area contributed by atoms with Crippen LogP contribution in [0, 0.1) is 0 Å². The summed E-state index contributed by atoms with van der Waals surface area (Å²) in [6.07, 6.45) is 20.3. The Bertz CT molecular complexity index is 802. The lowest BCUT2D eigenvalue weighted by Gasteiger charge is -2.25. The number of nitrogens with zero attached hydrogens (tertiary/aromatic N) is 2. The highest BCUT2D eigenvalue weighted by atomic mass is 31.2. The minimum absolute atomic E-state index is 0.323. The molecule has 0 aliphatic heterocycles. The standard InChI is InChI=1S/C35H76N6O6P2/c1-3-5-7-9-12-30-44-48(42,34-28-40(24-16-20-36)25-17-21-37)46-32-14-11-15-33-47-49(43,45-31-13-10-8-6-4-2)35-29-41(26-18-22-38)27-19-23-39/h7-10H,3-6,11-39H2,1-2H3/b9-7-,10-8-. The largest absolute Gasteiger partial charge is 0.331 e. The lowest BCUT2D eigenvalue weighted by atomic mass is 10.2. The van der Waals surface area contributed by atoms with E-state index in [4.69, 9.17) is 41.0 Å². The highest BCUT2D eigenvalue weighted by Crippen LogP contribution is 2.49. The Morgan fingerprint density at radius 1 is 0.449 bits per heavy atom. The van der Waals surface area contributed by atoms with E-state index >= 15 is 0 Å². The monoisotopic (exact) mass is 739 g/mol. The van der Waals surface area contributed by atoms with Gasteiger partial charge in [-0.25, -0.2) is 0 Å². The topological polar surface area (TPSA) is 182 Å². The van der Waals surface area contributed by atoms with Gasteiger partial charge in [0.2, 0.25) is 0 Å². The van der Waals surface area contributed by atoms with Crippen LogP contribution in [0.4, 0.5) is 0 Å². The number of unbranched alkanes of at least 4 members (excludes halogenated alkanes) is 4. The van der Waals surface area contributed by atoms with Gasteiger partial charge in [0, 0.05) is 13.1 Å². The molecule has 0 aromatic heterocycles. The molecule has 0 aliphatic carbocycles. The third-order valence-electron chi connectivity index (χ3n) is 7.85. The van der Waals surface area contributed by atoms with E-state index in [1.165, 1.54) is 0 Å². The minimum Gasteiger partial charge on any atom is -0.330 e. The smallest absolute Gasteiger partial charge is 0.330 e. The van der Waals surface area contributed by atoms with Crippen molar-refractivity contribution < 1.29 is 27.2 Å². The second-order valence-electron chi connectivity index (χ2n) is 12.4. The number of hydrogen-bond donors (Lipinski definition) is 4. The average molecular weight is 739 g/mol. The molecular weight excluding hydrogens is 662 g/mol. The van der Waals surface area contributed by atoms with Gasteiger partial charge in [0.15, 0.2) is 0 Å². The zero-order valence-corrected chi connectivity index (χ0v) is 33.2. The van der Waals surface area contributed by atoms with Crippen molar-refractivity contribution in [3.8, 4) is 0 Å². The normalized spacial score (nSPS) is 14.9. The molecule has 0 spiro atoms. The van der Waals surface area contributed by atoms with Crippen molar-refractivity contribution >= 4 is 15.2 Å². The van der Waals surface area contributed by atoms with Gasteiger partial charge in [0.05, 0.1) is 38.8 Å². The Labute approximate surface area is 300 Å². The molecule has 2 unspecified atom stereocenters. The Kier molecular flexibility index (Phi) is 34.3. The van der Waals surface area contributed by atoms with E-state index in [1.807, 2.05) is 0 Å². The molecule has 0 amide bonds. The van der Waals surface area contributed by atoms with Crippen LogP contribution in [0.15, 0.2) is 24.3 Å². The first kappa shape index (κ1) is 48.5. The van der Waals surface area contributed by atoms with Crippen LogP contribution < -0.4 is 22.9 Å². The molecule has 0 rings (SSSR count). The van der Waals surface area contributed by atoms with Gasteiger partial charge >= 0.3 is 15.2 Å². The van der Waals surface area contributed by atoms with Crippen LogP contribution in [0.5, 0.6) is 0 Å². The first-order valence-corrected chi connectivity index (χ1v) is 22.6. The molecule has 0 heterocycles. The average Bonchev–Trinajstić information content (AvgIpc) is 3.10. The van der Waals surface area contributed by atoms with Crippen LogP contribution in [-0.2, 0) is 27.2 Å². The maximum Gasteiger partial charge on any atom is 0.331 e. The molecule has 0 bridgehead atoms. The van der Waals surface area contributed by atoms with Crippen LogP contribution in [0.3, 0.4) is 0 Å². The third-order valence-corrected chi connectivity index (χ3v) is 11.6. The second-order valence-corrected chi connectivity index (χ2v) is 16.8. The molecule has 49 heavy (non-hydrogen) atoms. The highest BCUT2D eigenvalue weighted by molar-refractivity contribution is 7.54. The van der Waals surface area contributed by atoms with E-state index in [0.29, 0.717) is 104 Å². The van der Waals surface area contributed by atoms with Gasteiger partial charge in [0.1, 0.15) is 0 Å². The zero-order chi connectivity index (χ0) is 36.3. The van der Waals surface area contributed by atoms with E-state index in [2.05, 4.69) is 48.0 Å². The van der Waals surface area contributed by atoms with Crippen molar-refractivity contribution in [1.82, 2.24) is 9.80 Å². The molecule has 0 radical (unpaired) electrons. The lowest BCUT2D eigenvalue weighted by molar-refractivity contribution is 0.188. The summed E-state index contributed by atoms with van der Waals surface area (Å²) in [5.41, 5.74) is 23.0. The molecule has 0 fully saturated rings. The van der Waals surface area contributed by atoms with Gasteiger partial charge < -0.3 is 50.8 Å². The van der Waals surface area contributed by atoms with Crippen molar-refractivity contribution in [3.05, 3.63) is 24.3 Å². The molecule has 292 valence electrons. The van der Waals surface area contributed by atoms with Gasteiger partial charge in [-0.1, -0.05) is 51.0 Å². The second kappa shape index (κ2) is 34.6. The van der Waals surface area contributed by atoms with Crippen LogP contribution in [0.1, 0.15) is 97.3 Å². The fraction of sp³-hybridized carbons (Fsp3) is 0.886. The fourth-order valence-corrected chi connectivity index (χ4v) is 8.21.